The monoisotopic (exact) mass is 431 g/mol. The standard InChI is InChI=1S/C25H26FN5O/c1-17(18-5-2-7-20(26)13-18)29-24-10-11-25-28-15-23(31(25)30-24)19-6-3-9-22(14-19)32-16-21-8-4-12-27-21/h2-3,5-7,9-11,13-15,17,21,27H,4,8,12,16H2,1H3,(H,29,30)/t17-,21+/m1/s1. The first-order chi connectivity index (χ1) is 15.7. The molecule has 4 aromatic rings. The summed E-state index contributed by atoms with van der Waals surface area (Å²) in [6.07, 6.45) is 4.18. The summed E-state index contributed by atoms with van der Waals surface area (Å²) in [5, 5.41) is 11.5. The third-order valence-corrected chi connectivity index (χ3v) is 5.82. The molecule has 5 rings (SSSR count). The Labute approximate surface area is 186 Å². The van der Waals surface area contributed by atoms with Crippen molar-refractivity contribution in [2.24, 2.45) is 0 Å². The van der Waals surface area contributed by atoms with Crippen LogP contribution in [0.25, 0.3) is 16.9 Å². The Balaban J connectivity index is 1.37. The largest absolute Gasteiger partial charge is 0.492 e. The summed E-state index contributed by atoms with van der Waals surface area (Å²) in [4.78, 5) is 4.50. The lowest BCUT2D eigenvalue weighted by atomic mass is 10.1. The van der Waals surface area contributed by atoms with E-state index in [1.54, 1.807) is 6.07 Å². The third-order valence-electron chi connectivity index (χ3n) is 5.82. The number of halogens is 1. The Kier molecular flexibility index (Phi) is 5.73. The summed E-state index contributed by atoms with van der Waals surface area (Å²) in [6, 6.07) is 18.7. The first kappa shape index (κ1) is 20.5. The minimum atomic E-state index is -0.248. The van der Waals surface area contributed by atoms with E-state index in [4.69, 9.17) is 9.84 Å². The average Bonchev–Trinajstić information content (AvgIpc) is 3.48. The fraction of sp³-hybridized carbons (Fsp3) is 0.280. The molecule has 2 N–H and O–H groups in total. The molecule has 0 saturated carbocycles. The highest BCUT2D eigenvalue weighted by molar-refractivity contribution is 5.65. The number of benzene rings is 2. The molecule has 0 unspecified atom stereocenters. The highest BCUT2D eigenvalue weighted by atomic mass is 19.1. The Morgan fingerprint density at radius 2 is 2.09 bits per heavy atom. The third kappa shape index (κ3) is 4.43. The maximum Gasteiger partial charge on any atom is 0.154 e. The zero-order valence-corrected chi connectivity index (χ0v) is 18.0. The molecule has 2 aromatic heterocycles. The second kappa shape index (κ2) is 8.96. The normalized spacial score (nSPS) is 16.9. The molecular weight excluding hydrogens is 405 g/mol. The molecule has 6 nitrogen and oxygen atoms in total. The number of hydrogen-bond acceptors (Lipinski definition) is 5. The van der Waals surface area contributed by atoms with Gasteiger partial charge in [0.2, 0.25) is 0 Å². The molecule has 0 amide bonds. The molecule has 0 spiro atoms. The predicted molar refractivity (Wildman–Crippen MR) is 123 cm³/mol. The molecule has 2 atom stereocenters. The van der Waals surface area contributed by atoms with Crippen LogP contribution in [0, 0.1) is 5.82 Å². The van der Waals surface area contributed by atoms with Gasteiger partial charge in [-0.15, -0.1) is 5.10 Å². The van der Waals surface area contributed by atoms with Gasteiger partial charge in [0.1, 0.15) is 24.0 Å². The van der Waals surface area contributed by atoms with Crippen molar-refractivity contribution in [2.45, 2.75) is 31.8 Å². The molecule has 1 saturated heterocycles. The van der Waals surface area contributed by atoms with Crippen LogP contribution in [0.15, 0.2) is 66.9 Å². The maximum absolute atomic E-state index is 13.6. The molecular formula is C25H26FN5O. The van der Waals surface area contributed by atoms with Gasteiger partial charge in [0.25, 0.3) is 0 Å². The van der Waals surface area contributed by atoms with Crippen molar-refractivity contribution in [2.75, 3.05) is 18.5 Å². The Morgan fingerprint density at radius 1 is 1.19 bits per heavy atom. The van der Waals surface area contributed by atoms with Gasteiger partial charge in [-0.25, -0.2) is 13.9 Å². The van der Waals surface area contributed by atoms with Crippen LogP contribution in [-0.2, 0) is 0 Å². The highest BCUT2D eigenvalue weighted by Gasteiger charge is 2.15. The molecule has 2 aromatic carbocycles. The number of nitrogens with one attached hydrogen (secondary N) is 2. The van der Waals surface area contributed by atoms with E-state index in [1.807, 2.05) is 60.1 Å². The van der Waals surface area contributed by atoms with Crippen LogP contribution in [-0.4, -0.2) is 33.8 Å². The van der Waals surface area contributed by atoms with Crippen LogP contribution in [0.1, 0.15) is 31.4 Å². The van der Waals surface area contributed by atoms with Gasteiger partial charge in [-0.05, 0) is 68.3 Å². The van der Waals surface area contributed by atoms with Crippen LogP contribution in [0.3, 0.4) is 0 Å². The zero-order chi connectivity index (χ0) is 21.9. The van der Waals surface area contributed by atoms with Gasteiger partial charge < -0.3 is 15.4 Å². The van der Waals surface area contributed by atoms with E-state index < -0.39 is 0 Å². The van der Waals surface area contributed by atoms with E-state index in [9.17, 15) is 4.39 Å². The summed E-state index contributed by atoms with van der Waals surface area (Å²) in [5.41, 5.74) is 3.48. The van der Waals surface area contributed by atoms with Gasteiger partial charge in [-0.3, -0.25) is 0 Å². The second-order valence-electron chi connectivity index (χ2n) is 8.19. The Hall–Kier alpha value is -3.45. The number of anilines is 1. The SMILES string of the molecule is C[C@@H](Nc1ccc2ncc(-c3cccc(OC[C@@H]4CCCN4)c3)n2n1)c1cccc(F)c1. The van der Waals surface area contributed by atoms with Gasteiger partial charge in [0.05, 0.1) is 17.9 Å². The summed E-state index contributed by atoms with van der Waals surface area (Å²) in [7, 11) is 0. The van der Waals surface area contributed by atoms with Crippen molar-refractivity contribution in [1.29, 1.82) is 0 Å². The van der Waals surface area contributed by atoms with E-state index in [0.29, 0.717) is 18.5 Å². The van der Waals surface area contributed by atoms with Crippen LogP contribution >= 0.6 is 0 Å². The molecule has 164 valence electrons. The second-order valence-corrected chi connectivity index (χ2v) is 8.19. The van der Waals surface area contributed by atoms with Crippen molar-refractivity contribution in [3.63, 3.8) is 0 Å². The van der Waals surface area contributed by atoms with E-state index in [0.717, 1.165) is 41.2 Å². The first-order valence-corrected chi connectivity index (χ1v) is 11.0. The Bertz CT molecular complexity index is 1220. The predicted octanol–water partition coefficient (Wildman–Crippen LogP) is 4.84. The fourth-order valence-electron chi connectivity index (χ4n) is 4.07. The van der Waals surface area contributed by atoms with E-state index >= 15 is 0 Å². The van der Waals surface area contributed by atoms with Crippen LogP contribution < -0.4 is 15.4 Å². The molecule has 1 fully saturated rings. The molecule has 7 heteroatoms. The number of ether oxygens (including phenoxy) is 1. The summed E-state index contributed by atoms with van der Waals surface area (Å²) >= 11 is 0. The van der Waals surface area contributed by atoms with E-state index in [2.05, 4.69) is 15.6 Å². The first-order valence-electron chi connectivity index (χ1n) is 11.0. The lowest BCUT2D eigenvalue weighted by Crippen LogP contribution is -2.28. The van der Waals surface area contributed by atoms with Crippen molar-refractivity contribution in [1.82, 2.24) is 19.9 Å². The van der Waals surface area contributed by atoms with Crippen molar-refractivity contribution in [3.05, 3.63) is 78.2 Å². The number of nitrogens with zero attached hydrogens (tertiary/aromatic N) is 3. The van der Waals surface area contributed by atoms with Gasteiger partial charge in [-0.2, -0.15) is 0 Å². The number of fused-ring (bicyclic) bond motifs is 1. The Morgan fingerprint density at radius 3 is 2.94 bits per heavy atom. The molecule has 0 radical (unpaired) electrons. The smallest absolute Gasteiger partial charge is 0.154 e. The van der Waals surface area contributed by atoms with Crippen LogP contribution in [0.4, 0.5) is 10.2 Å². The lowest BCUT2D eigenvalue weighted by molar-refractivity contribution is 0.277. The van der Waals surface area contributed by atoms with Gasteiger partial charge in [-0.1, -0.05) is 24.3 Å². The topological polar surface area (TPSA) is 63.5 Å². The number of aromatic nitrogens is 3. The molecule has 32 heavy (non-hydrogen) atoms. The van der Waals surface area contributed by atoms with Crippen LogP contribution in [0.2, 0.25) is 0 Å². The quantitative estimate of drug-likeness (QED) is 0.438. The van der Waals surface area contributed by atoms with Gasteiger partial charge in [0, 0.05) is 11.6 Å². The summed E-state index contributed by atoms with van der Waals surface area (Å²) < 4.78 is 21.4. The average molecular weight is 432 g/mol. The van der Waals surface area contributed by atoms with E-state index in [-0.39, 0.29) is 11.9 Å². The number of imidazole rings is 1. The molecule has 0 aliphatic carbocycles. The van der Waals surface area contributed by atoms with Crippen molar-refractivity contribution >= 4 is 11.5 Å². The molecule has 0 bridgehead atoms. The summed E-state index contributed by atoms with van der Waals surface area (Å²) in [5.74, 6) is 1.27. The minimum Gasteiger partial charge on any atom is -0.492 e. The molecule has 1 aliphatic heterocycles. The summed E-state index contributed by atoms with van der Waals surface area (Å²) in [6.45, 7) is 3.71. The van der Waals surface area contributed by atoms with Gasteiger partial charge >= 0.3 is 0 Å². The van der Waals surface area contributed by atoms with Crippen LogP contribution in [0.5, 0.6) is 5.75 Å². The molecule has 3 heterocycles. The van der Waals surface area contributed by atoms with Crippen molar-refractivity contribution in [3.8, 4) is 17.0 Å². The van der Waals surface area contributed by atoms with E-state index in [1.165, 1.54) is 18.6 Å². The highest BCUT2D eigenvalue weighted by Crippen LogP contribution is 2.26. The van der Waals surface area contributed by atoms with Gasteiger partial charge in [0.15, 0.2) is 5.65 Å². The fourth-order valence-corrected chi connectivity index (χ4v) is 4.07. The lowest BCUT2D eigenvalue weighted by Gasteiger charge is -2.15. The van der Waals surface area contributed by atoms with Crippen molar-refractivity contribution < 1.29 is 9.13 Å². The number of hydrogen-bond donors (Lipinski definition) is 2. The zero-order valence-electron chi connectivity index (χ0n) is 18.0. The number of rotatable bonds is 7. The maximum atomic E-state index is 13.6. The molecule has 1 aliphatic rings. The minimum absolute atomic E-state index is 0.0939.